The van der Waals surface area contributed by atoms with E-state index in [9.17, 15) is 19.8 Å². The first kappa shape index (κ1) is 22.6. The average molecular weight is 366 g/mol. The Hall–Kier alpha value is -1.46. The molecular weight excluding hydrogens is 332 g/mol. The molecule has 0 aromatic heterocycles. The molecule has 26 heavy (non-hydrogen) atoms. The molecule has 0 spiro atoms. The van der Waals surface area contributed by atoms with Crippen LogP contribution in [0.3, 0.4) is 0 Å². The number of aliphatic carboxylic acids is 1. The predicted octanol–water partition coefficient (Wildman–Crippen LogP) is 3.50. The van der Waals surface area contributed by atoms with E-state index >= 15 is 0 Å². The number of hydrogen-bond acceptors (Lipinski definition) is 4. The molecule has 1 aliphatic carbocycles. The molecule has 0 heterocycles. The number of carbonyl (C=O) groups is 2. The maximum absolute atomic E-state index is 12.2. The molecule has 1 unspecified atom stereocenters. The first-order chi connectivity index (χ1) is 12.4. The molecule has 1 saturated carbocycles. The van der Waals surface area contributed by atoms with Crippen molar-refractivity contribution in [2.45, 2.75) is 77.4 Å². The van der Waals surface area contributed by atoms with E-state index in [1.807, 2.05) is 18.2 Å². The highest BCUT2D eigenvalue weighted by atomic mass is 16.4. The molecule has 0 bridgehead atoms. The Kier molecular flexibility index (Phi) is 10.4. The molecule has 0 aromatic carbocycles. The van der Waals surface area contributed by atoms with Crippen molar-refractivity contribution < 1.29 is 24.9 Å². The maximum atomic E-state index is 12.2. The topological polar surface area (TPSA) is 94.8 Å². The van der Waals surface area contributed by atoms with Crippen LogP contribution in [0.4, 0.5) is 0 Å². The third-order valence-electron chi connectivity index (χ3n) is 5.11. The summed E-state index contributed by atoms with van der Waals surface area (Å²) in [6.07, 6.45) is 11.9. The van der Waals surface area contributed by atoms with Gasteiger partial charge in [-0.25, -0.2) is 4.79 Å². The van der Waals surface area contributed by atoms with Crippen LogP contribution in [0.15, 0.2) is 24.3 Å². The van der Waals surface area contributed by atoms with E-state index in [0.717, 1.165) is 6.42 Å². The minimum Gasteiger partial charge on any atom is -0.479 e. The highest BCUT2D eigenvalue weighted by molar-refractivity contribution is 5.86. The summed E-state index contributed by atoms with van der Waals surface area (Å²) >= 11 is 0. The molecule has 5 atom stereocenters. The lowest BCUT2D eigenvalue weighted by Gasteiger charge is -2.17. The van der Waals surface area contributed by atoms with Crippen LogP contribution in [-0.2, 0) is 9.59 Å². The van der Waals surface area contributed by atoms with E-state index in [2.05, 4.69) is 19.9 Å². The van der Waals surface area contributed by atoms with Crippen molar-refractivity contribution in [3.05, 3.63) is 24.3 Å². The highest BCUT2D eigenvalue weighted by Gasteiger charge is 2.39. The lowest BCUT2D eigenvalue weighted by Crippen LogP contribution is -2.19. The molecule has 0 saturated heterocycles. The van der Waals surface area contributed by atoms with Crippen LogP contribution in [0.5, 0.6) is 0 Å². The Bertz CT molecular complexity index is 497. The fraction of sp³-hybridized carbons (Fsp3) is 0.714. The van der Waals surface area contributed by atoms with E-state index in [1.165, 1.54) is 19.3 Å². The molecule has 5 heteroatoms. The van der Waals surface area contributed by atoms with E-state index < -0.39 is 18.2 Å². The minimum absolute atomic E-state index is 0.0919. The smallest absolute Gasteiger partial charge is 0.332 e. The van der Waals surface area contributed by atoms with Crippen LogP contribution >= 0.6 is 0 Å². The average Bonchev–Trinajstić information content (AvgIpc) is 2.85. The zero-order chi connectivity index (χ0) is 19.5. The van der Waals surface area contributed by atoms with Gasteiger partial charge in [0.25, 0.3) is 0 Å². The van der Waals surface area contributed by atoms with Gasteiger partial charge in [-0.2, -0.15) is 0 Å². The summed E-state index contributed by atoms with van der Waals surface area (Å²) in [5, 5.41) is 28.0. The largest absolute Gasteiger partial charge is 0.479 e. The summed E-state index contributed by atoms with van der Waals surface area (Å²) in [6.45, 7) is 4.34. The van der Waals surface area contributed by atoms with Gasteiger partial charge in [-0.1, -0.05) is 57.4 Å². The Morgan fingerprint density at radius 2 is 2.00 bits per heavy atom. The van der Waals surface area contributed by atoms with Crippen molar-refractivity contribution in [2.24, 2.45) is 17.8 Å². The molecule has 0 aliphatic heterocycles. The van der Waals surface area contributed by atoms with E-state index in [-0.39, 0.29) is 30.5 Å². The Morgan fingerprint density at radius 1 is 1.27 bits per heavy atom. The minimum atomic E-state index is -1.34. The van der Waals surface area contributed by atoms with Gasteiger partial charge in [0.15, 0.2) is 6.10 Å². The molecule has 3 N–H and O–H groups in total. The SMILES string of the molecule is CCCCC[C@H](C)/C=C/[C@H]1C(=O)C[C@H](O)[C@@H]1C/C=C\CCC(O)C(=O)O. The molecule has 1 aliphatic rings. The van der Waals surface area contributed by atoms with Crippen LogP contribution < -0.4 is 0 Å². The van der Waals surface area contributed by atoms with Gasteiger partial charge in [0.2, 0.25) is 0 Å². The molecule has 0 radical (unpaired) electrons. The molecule has 148 valence electrons. The first-order valence-corrected chi connectivity index (χ1v) is 9.81. The number of unbranched alkanes of at least 4 members (excludes halogenated alkanes) is 2. The molecule has 1 fully saturated rings. The highest BCUT2D eigenvalue weighted by Crippen LogP contribution is 2.33. The van der Waals surface area contributed by atoms with Gasteiger partial charge in [-0.05, 0) is 31.6 Å². The van der Waals surface area contributed by atoms with Crippen LogP contribution in [0, 0.1) is 17.8 Å². The zero-order valence-electron chi connectivity index (χ0n) is 16.0. The van der Waals surface area contributed by atoms with Crippen molar-refractivity contribution in [3.63, 3.8) is 0 Å². The second-order valence-electron chi connectivity index (χ2n) is 7.42. The standard InChI is InChI=1S/C21H34O5/c1-3-4-6-9-15(2)12-13-17-16(19(23)14-20(17)24)10-7-5-8-11-18(22)21(25)26/h5,7,12-13,15-19,22-23H,3-4,6,8-11,14H2,1-2H3,(H,25,26)/b7-5-,13-12+/t15-,16+,17+,18?,19-/m0/s1. The van der Waals surface area contributed by atoms with Crippen LogP contribution in [0.25, 0.3) is 0 Å². The number of Topliss-reactive ketones (excluding diaryl/α,β-unsaturated/α-hetero) is 1. The van der Waals surface area contributed by atoms with Gasteiger partial charge in [-0.15, -0.1) is 0 Å². The normalized spacial score (nSPS) is 26.0. The molecule has 0 amide bonds. The monoisotopic (exact) mass is 366 g/mol. The van der Waals surface area contributed by atoms with Crippen molar-refractivity contribution in [1.29, 1.82) is 0 Å². The fourth-order valence-corrected chi connectivity index (χ4v) is 3.40. The van der Waals surface area contributed by atoms with Crippen molar-refractivity contribution in [1.82, 2.24) is 0 Å². The number of carboxylic acid groups (broad SMARTS) is 1. The van der Waals surface area contributed by atoms with Gasteiger partial charge >= 0.3 is 5.97 Å². The van der Waals surface area contributed by atoms with Crippen molar-refractivity contribution in [2.75, 3.05) is 0 Å². The van der Waals surface area contributed by atoms with Crippen LogP contribution in [0.2, 0.25) is 0 Å². The summed E-state index contributed by atoms with van der Waals surface area (Å²) in [5.74, 6) is -1.06. The van der Waals surface area contributed by atoms with E-state index in [1.54, 1.807) is 0 Å². The van der Waals surface area contributed by atoms with Gasteiger partial charge in [-0.3, -0.25) is 4.79 Å². The molecular formula is C21H34O5. The predicted molar refractivity (Wildman–Crippen MR) is 102 cm³/mol. The maximum Gasteiger partial charge on any atom is 0.332 e. The number of allylic oxidation sites excluding steroid dienone is 4. The fourth-order valence-electron chi connectivity index (χ4n) is 3.40. The number of rotatable bonds is 12. The number of aliphatic hydroxyl groups is 2. The summed E-state index contributed by atoms with van der Waals surface area (Å²) < 4.78 is 0. The third kappa shape index (κ3) is 7.83. The summed E-state index contributed by atoms with van der Waals surface area (Å²) in [5.41, 5.74) is 0. The van der Waals surface area contributed by atoms with Crippen molar-refractivity contribution >= 4 is 11.8 Å². The quantitative estimate of drug-likeness (QED) is 0.363. The Balaban J connectivity index is 2.50. The molecule has 1 rings (SSSR count). The Labute approximate surface area is 156 Å². The van der Waals surface area contributed by atoms with Crippen LogP contribution in [0.1, 0.15) is 65.2 Å². The molecule has 0 aromatic rings. The van der Waals surface area contributed by atoms with Gasteiger partial charge < -0.3 is 15.3 Å². The van der Waals surface area contributed by atoms with Crippen molar-refractivity contribution in [3.8, 4) is 0 Å². The van der Waals surface area contributed by atoms with E-state index in [0.29, 0.717) is 18.8 Å². The Morgan fingerprint density at radius 3 is 2.65 bits per heavy atom. The lowest BCUT2D eigenvalue weighted by atomic mass is 9.89. The van der Waals surface area contributed by atoms with Gasteiger partial charge in [0.05, 0.1) is 6.10 Å². The second kappa shape index (κ2) is 12.0. The number of aliphatic hydroxyl groups excluding tert-OH is 2. The summed E-state index contributed by atoms with van der Waals surface area (Å²) in [4.78, 5) is 22.7. The third-order valence-corrected chi connectivity index (χ3v) is 5.11. The number of hydrogen-bond donors (Lipinski definition) is 3. The van der Waals surface area contributed by atoms with E-state index in [4.69, 9.17) is 5.11 Å². The van der Waals surface area contributed by atoms with Gasteiger partial charge in [0.1, 0.15) is 5.78 Å². The zero-order valence-corrected chi connectivity index (χ0v) is 16.0. The summed E-state index contributed by atoms with van der Waals surface area (Å²) in [7, 11) is 0. The second-order valence-corrected chi connectivity index (χ2v) is 7.42. The number of ketones is 1. The lowest BCUT2D eigenvalue weighted by molar-refractivity contribution is -0.146. The summed E-state index contributed by atoms with van der Waals surface area (Å²) in [6, 6.07) is 0. The van der Waals surface area contributed by atoms with Crippen LogP contribution in [-0.4, -0.2) is 39.3 Å². The molecule has 5 nitrogen and oxygen atoms in total. The number of carboxylic acids is 1. The first-order valence-electron chi connectivity index (χ1n) is 9.81. The van der Waals surface area contributed by atoms with Gasteiger partial charge in [0, 0.05) is 18.3 Å². The number of carbonyl (C=O) groups excluding carboxylic acids is 1.